The maximum atomic E-state index is 10.3. The van der Waals surface area contributed by atoms with Gasteiger partial charge in [0.1, 0.15) is 0 Å². The fourth-order valence-corrected chi connectivity index (χ4v) is 2.70. The van der Waals surface area contributed by atoms with Crippen molar-refractivity contribution in [2.24, 2.45) is 0 Å². The zero-order chi connectivity index (χ0) is 15.2. The van der Waals surface area contributed by atoms with Gasteiger partial charge >= 0.3 is 0 Å². The van der Waals surface area contributed by atoms with Gasteiger partial charge in [-0.2, -0.15) is 0 Å². The van der Waals surface area contributed by atoms with Gasteiger partial charge < -0.3 is 10.0 Å². The second-order valence-corrected chi connectivity index (χ2v) is 6.44. The average molecular weight is 348 g/mol. The number of hydrogen-bond donors (Lipinski definition) is 1. The van der Waals surface area contributed by atoms with Crippen LogP contribution in [0.15, 0.2) is 53.0 Å². The standard InChI is InChI=1S/C18H22BrNO/c1-14-5-3-4-6-17(14)18(21)11-12-20(2)13-15-7-9-16(19)10-8-15/h3-10,18,21H,11-13H2,1-2H3. The summed E-state index contributed by atoms with van der Waals surface area (Å²) in [5.41, 5.74) is 3.47. The molecule has 0 amide bonds. The van der Waals surface area contributed by atoms with Gasteiger partial charge in [0.15, 0.2) is 0 Å². The van der Waals surface area contributed by atoms with Crippen LogP contribution in [0.5, 0.6) is 0 Å². The first kappa shape index (κ1) is 16.2. The van der Waals surface area contributed by atoms with Crippen molar-refractivity contribution in [2.75, 3.05) is 13.6 Å². The third kappa shape index (κ3) is 4.95. The van der Waals surface area contributed by atoms with E-state index >= 15 is 0 Å². The van der Waals surface area contributed by atoms with Crippen molar-refractivity contribution in [1.29, 1.82) is 0 Å². The Morgan fingerprint density at radius 2 is 1.76 bits per heavy atom. The highest BCUT2D eigenvalue weighted by molar-refractivity contribution is 9.10. The van der Waals surface area contributed by atoms with Crippen molar-refractivity contribution in [3.05, 3.63) is 69.7 Å². The number of aryl methyl sites for hydroxylation is 1. The summed E-state index contributed by atoms with van der Waals surface area (Å²) in [5.74, 6) is 0. The lowest BCUT2D eigenvalue weighted by Crippen LogP contribution is -2.21. The molecule has 0 radical (unpaired) electrons. The fourth-order valence-electron chi connectivity index (χ4n) is 2.44. The summed E-state index contributed by atoms with van der Waals surface area (Å²) in [7, 11) is 2.09. The summed E-state index contributed by atoms with van der Waals surface area (Å²) in [4.78, 5) is 2.24. The van der Waals surface area contributed by atoms with E-state index in [1.807, 2.05) is 31.2 Å². The molecule has 3 heteroatoms. The summed E-state index contributed by atoms with van der Waals surface area (Å²) >= 11 is 3.45. The quantitative estimate of drug-likeness (QED) is 0.841. The van der Waals surface area contributed by atoms with Crippen LogP contribution in [0, 0.1) is 6.92 Å². The van der Waals surface area contributed by atoms with Crippen molar-refractivity contribution in [3.63, 3.8) is 0 Å². The smallest absolute Gasteiger partial charge is 0.0804 e. The van der Waals surface area contributed by atoms with Crippen LogP contribution >= 0.6 is 15.9 Å². The Kier molecular flexibility index (Phi) is 5.97. The van der Waals surface area contributed by atoms with Crippen LogP contribution < -0.4 is 0 Å². The Labute approximate surface area is 135 Å². The predicted octanol–water partition coefficient (Wildman–Crippen LogP) is 4.31. The molecular formula is C18H22BrNO. The van der Waals surface area contributed by atoms with Gasteiger partial charge in [0, 0.05) is 17.6 Å². The lowest BCUT2D eigenvalue weighted by Gasteiger charge is -2.20. The fraction of sp³-hybridized carbons (Fsp3) is 0.333. The second kappa shape index (κ2) is 7.74. The molecule has 2 rings (SSSR count). The molecule has 2 aromatic rings. The van der Waals surface area contributed by atoms with Crippen molar-refractivity contribution >= 4 is 15.9 Å². The number of halogens is 1. The molecule has 2 aromatic carbocycles. The first-order chi connectivity index (χ1) is 10.1. The van der Waals surface area contributed by atoms with Crippen molar-refractivity contribution in [1.82, 2.24) is 4.90 Å². The minimum Gasteiger partial charge on any atom is -0.388 e. The molecule has 2 nitrogen and oxygen atoms in total. The number of benzene rings is 2. The molecule has 0 bridgehead atoms. The Morgan fingerprint density at radius 1 is 1.10 bits per heavy atom. The Bertz CT molecular complexity index is 568. The third-order valence-electron chi connectivity index (χ3n) is 3.70. The minimum atomic E-state index is -0.390. The first-order valence-electron chi connectivity index (χ1n) is 7.23. The van der Waals surface area contributed by atoms with Crippen LogP contribution in [0.3, 0.4) is 0 Å². The largest absolute Gasteiger partial charge is 0.388 e. The molecule has 1 N–H and O–H groups in total. The van der Waals surface area contributed by atoms with Crippen molar-refractivity contribution < 1.29 is 5.11 Å². The van der Waals surface area contributed by atoms with E-state index < -0.39 is 6.10 Å². The Hall–Kier alpha value is -1.16. The van der Waals surface area contributed by atoms with Crippen LogP contribution in [0.1, 0.15) is 29.2 Å². The molecule has 0 aliphatic rings. The molecule has 0 heterocycles. The highest BCUT2D eigenvalue weighted by Gasteiger charge is 2.11. The van der Waals surface area contributed by atoms with Gasteiger partial charge in [0.05, 0.1) is 6.10 Å². The molecule has 1 atom stereocenters. The molecular weight excluding hydrogens is 326 g/mol. The molecule has 1 unspecified atom stereocenters. The normalized spacial score (nSPS) is 12.6. The molecule has 21 heavy (non-hydrogen) atoms. The summed E-state index contributed by atoms with van der Waals surface area (Å²) in [6.07, 6.45) is 0.358. The van der Waals surface area contributed by atoms with Gasteiger partial charge in [0.25, 0.3) is 0 Å². The minimum absolute atomic E-state index is 0.390. The van der Waals surface area contributed by atoms with Gasteiger partial charge in [-0.05, 0) is 49.2 Å². The summed E-state index contributed by atoms with van der Waals surface area (Å²) in [6.45, 7) is 3.81. The maximum Gasteiger partial charge on any atom is 0.0804 e. The topological polar surface area (TPSA) is 23.5 Å². The van der Waals surface area contributed by atoms with Crippen LogP contribution in [0.4, 0.5) is 0 Å². The molecule has 0 saturated carbocycles. The summed E-state index contributed by atoms with van der Waals surface area (Å²) in [6, 6.07) is 16.4. The lowest BCUT2D eigenvalue weighted by atomic mass is 10.0. The SMILES string of the molecule is Cc1ccccc1C(O)CCN(C)Cc1ccc(Br)cc1. The van der Waals surface area contributed by atoms with Crippen LogP contribution in [0.25, 0.3) is 0 Å². The van der Waals surface area contributed by atoms with Crippen molar-refractivity contribution in [3.8, 4) is 0 Å². The summed E-state index contributed by atoms with van der Waals surface area (Å²) < 4.78 is 1.10. The highest BCUT2D eigenvalue weighted by atomic mass is 79.9. The maximum absolute atomic E-state index is 10.3. The molecule has 0 saturated heterocycles. The predicted molar refractivity (Wildman–Crippen MR) is 91.2 cm³/mol. The highest BCUT2D eigenvalue weighted by Crippen LogP contribution is 2.20. The van der Waals surface area contributed by atoms with E-state index in [0.717, 1.165) is 35.1 Å². The van der Waals surface area contributed by atoms with Crippen LogP contribution in [-0.2, 0) is 6.54 Å². The van der Waals surface area contributed by atoms with Gasteiger partial charge in [0.2, 0.25) is 0 Å². The van der Waals surface area contributed by atoms with Crippen LogP contribution in [-0.4, -0.2) is 23.6 Å². The molecule has 0 fully saturated rings. The van der Waals surface area contributed by atoms with Gasteiger partial charge in [-0.25, -0.2) is 0 Å². The molecule has 112 valence electrons. The Morgan fingerprint density at radius 3 is 2.43 bits per heavy atom. The molecule has 0 aliphatic heterocycles. The number of rotatable bonds is 6. The number of hydrogen-bond acceptors (Lipinski definition) is 2. The average Bonchev–Trinajstić information content (AvgIpc) is 2.48. The van der Waals surface area contributed by atoms with Crippen LogP contribution in [0.2, 0.25) is 0 Å². The van der Waals surface area contributed by atoms with E-state index in [9.17, 15) is 5.11 Å². The van der Waals surface area contributed by atoms with Gasteiger partial charge in [-0.1, -0.05) is 52.3 Å². The van der Waals surface area contributed by atoms with E-state index in [1.165, 1.54) is 5.56 Å². The second-order valence-electron chi connectivity index (χ2n) is 5.53. The van der Waals surface area contributed by atoms with Gasteiger partial charge in [-0.15, -0.1) is 0 Å². The lowest BCUT2D eigenvalue weighted by molar-refractivity contribution is 0.147. The van der Waals surface area contributed by atoms with Gasteiger partial charge in [-0.3, -0.25) is 0 Å². The number of nitrogens with zero attached hydrogens (tertiary/aromatic N) is 1. The Balaban J connectivity index is 1.85. The number of aliphatic hydroxyl groups is 1. The van der Waals surface area contributed by atoms with E-state index in [4.69, 9.17) is 0 Å². The number of aliphatic hydroxyl groups excluding tert-OH is 1. The van der Waals surface area contributed by atoms with E-state index in [-0.39, 0.29) is 0 Å². The first-order valence-corrected chi connectivity index (χ1v) is 8.02. The third-order valence-corrected chi connectivity index (χ3v) is 4.23. The zero-order valence-corrected chi connectivity index (χ0v) is 14.2. The molecule has 0 spiro atoms. The molecule has 0 aromatic heterocycles. The van der Waals surface area contributed by atoms with E-state index in [0.29, 0.717) is 0 Å². The zero-order valence-electron chi connectivity index (χ0n) is 12.6. The summed E-state index contributed by atoms with van der Waals surface area (Å²) in [5, 5.41) is 10.3. The van der Waals surface area contributed by atoms with E-state index in [2.05, 4.69) is 52.1 Å². The monoisotopic (exact) mass is 347 g/mol. The van der Waals surface area contributed by atoms with E-state index in [1.54, 1.807) is 0 Å². The molecule has 0 aliphatic carbocycles. The van der Waals surface area contributed by atoms with Crippen molar-refractivity contribution in [2.45, 2.75) is 26.0 Å².